The lowest BCUT2D eigenvalue weighted by molar-refractivity contribution is -0.870. The average molecular weight is 195 g/mol. The summed E-state index contributed by atoms with van der Waals surface area (Å²) in [6, 6.07) is 0. The van der Waals surface area contributed by atoms with Gasteiger partial charge in [-0.1, -0.05) is 0 Å². The van der Waals surface area contributed by atoms with Crippen LogP contribution in [0.3, 0.4) is 0 Å². The third-order valence-electron chi connectivity index (χ3n) is 1.37. The largest absolute Gasteiger partial charge is 0.330 e. The number of likely N-dealkylation sites (N-methyl/N-ethyl adjacent to an activating group) is 1. The Kier molecular flexibility index (Phi) is 5.76. The van der Waals surface area contributed by atoms with Crippen molar-refractivity contribution in [2.75, 3.05) is 47.0 Å². The molecule has 0 amide bonds. The van der Waals surface area contributed by atoms with Gasteiger partial charge < -0.3 is 14.7 Å². The van der Waals surface area contributed by atoms with E-state index in [-0.39, 0.29) is 0 Å². The zero-order chi connectivity index (χ0) is 9.61. The molecule has 0 fully saturated rings. The molecule has 0 saturated carbocycles. The summed E-state index contributed by atoms with van der Waals surface area (Å²) in [5.74, 6) is 0. The highest BCUT2D eigenvalue weighted by Gasteiger charge is 2.07. The Morgan fingerprint density at radius 3 is 2.42 bits per heavy atom. The van der Waals surface area contributed by atoms with Crippen LogP contribution < -0.4 is 5.73 Å². The first-order chi connectivity index (χ1) is 5.45. The maximum atomic E-state index is 11.0. The second kappa shape index (κ2) is 5.70. The van der Waals surface area contributed by atoms with Gasteiger partial charge in [-0.15, -0.1) is 0 Å². The first-order valence-corrected chi connectivity index (χ1v) is 5.64. The number of hydrogen-bond acceptors (Lipinski definition) is 3. The van der Waals surface area contributed by atoms with Crippen LogP contribution >= 0.6 is 8.03 Å². The summed E-state index contributed by atoms with van der Waals surface area (Å²) < 4.78 is 16.9. The Labute approximate surface area is 75.1 Å². The van der Waals surface area contributed by atoms with Crippen LogP contribution in [-0.2, 0) is 9.09 Å². The van der Waals surface area contributed by atoms with Crippen LogP contribution in [0.1, 0.15) is 0 Å². The third kappa shape index (κ3) is 8.21. The molecule has 12 heavy (non-hydrogen) atoms. The average Bonchev–Trinajstić information content (AvgIpc) is 1.84. The highest BCUT2D eigenvalue weighted by Crippen LogP contribution is 2.19. The van der Waals surface area contributed by atoms with E-state index in [2.05, 4.69) is 21.1 Å². The fourth-order valence-corrected chi connectivity index (χ4v) is 1.32. The highest BCUT2D eigenvalue weighted by molar-refractivity contribution is 7.39. The van der Waals surface area contributed by atoms with Crippen molar-refractivity contribution in [2.24, 2.45) is 5.73 Å². The minimum Gasteiger partial charge on any atom is -0.330 e. The fourth-order valence-electron chi connectivity index (χ4n) is 0.623. The molecule has 2 N–H and O–H groups in total. The van der Waals surface area contributed by atoms with E-state index >= 15 is 0 Å². The summed E-state index contributed by atoms with van der Waals surface area (Å²) in [5, 5.41) is 0. The minimum atomic E-state index is -1.85. The molecule has 1 atom stereocenters. The first kappa shape index (κ1) is 12.1. The van der Waals surface area contributed by atoms with E-state index in [0.29, 0.717) is 19.3 Å². The zero-order valence-electron chi connectivity index (χ0n) is 8.17. The summed E-state index contributed by atoms with van der Waals surface area (Å²) in [6.45, 7) is 1.88. The smallest absolute Gasteiger partial charge is 0.193 e. The van der Waals surface area contributed by atoms with Crippen molar-refractivity contribution in [3.8, 4) is 0 Å². The molecule has 0 rings (SSSR count). The summed E-state index contributed by atoms with van der Waals surface area (Å²) in [5.41, 5.74) is 5.23. The molecular formula is C7H20N2O2P+. The molecular weight excluding hydrogens is 175 g/mol. The Morgan fingerprint density at radius 1 is 1.42 bits per heavy atom. The van der Waals surface area contributed by atoms with Gasteiger partial charge in [-0.2, -0.15) is 0 Å². The van der Waals surface area contributed by atoms with Gasteiger partial charge in [0, 0.05) is 12.7 Å². The molecule has 0 aliphatic heterocycles. The molecule has 0 saturated heterocycles. The lowest BCUT2D eigenvalue weighted by atomic mass is 10.5. The van der Waals surface area contributed by atoms with Crippen molar-refractivity contribution in [3.05, 3.63) is 0 Å². The second-order valence-electron chi connectivity index (χ2n) is 3.77. The van der Waals surface area contributed by atoms with Crippen LogP contribution in [0.25, 0.3) is 0 Å². The molecule has 0 radical (unpaired) electrons. The molecule has 0 heterocycles. The summed E-state index contributed by atoms with van der Waals surface area (Å²) >= 11 is 0. The predicted molar refractivity (Wildman–Crippen MR) is 51.8 cm³/mol. The quantitative estimate of drug-likeness (QED) is 0.484. The van der Waals surface area contributed by atoms with Crippen molar-refractivity contribution in [1.82, 2.24) is 0 Å². The normalized spacial score (nSPS) is 14.7. The van der Waals surface area contributed by atoms with E-state index in [1.807, 2.05) is 0 Å². The first-order valence-electron chi connectivity index (χ1n) is 4.12. The van der Waals surface area contributed by atoms with E-state index in [9.17, 15) is 4.57 Å². The topological polar surface area (TPSA) is 52.3 Å². The third-order valence-corrected chi connectivity index (χ3v) is 2.60. The maximum Gasteiger partial charge on any atom is 0.193 e. The van der Waals surface area contributed by atoms with E-state index in [1.165, 1.54) is 0 Å². The van der Waals surface area contributed by atoms with Gasteiger partial charge in [-0.05, 0) is 0 Å². The molecule has 0 bridgehead atoms. The van der Waals surface area contributed by atoms with Gasteiger partial charge in [-0.3, -0.25) is 4.57 Å². The van der Waals surface area contributed by atoms with Gasteiger partial charge >= 0.3 is 0 Å². The molecule has 0 aromatic rings. The minimum absolute atomic E-state index is 0.447. The number of hydrogen-bond donors (Lipinski definition) is 1. The van der Waals surface area contributed by atoms with Crippen LogP contribution in [0.15, 0.2) is 0 Å². The predicted octanol–water partition coefficient (Wildman–Crippen LogP) is 0.143. The lowest BCUT2D eigenvalue weighted by Gasteiger charge is -2.23. The van der Waals surface area contributed by atoms with Crippen LogP contribution in [0.2, 0.25) is 0 Å². The summed E-state index contributed by atoms with van der Waals surface area (Å²) in [7, 11) is 4.37. The molecule has 0 aromatic carbocycles. The Morgan fingerprint density at radius 2 is 2.00 bits per heavy atom. The molecule has 0 aromatic heterocycles. The number of rotatable bonds is 6. The van der Waals surface area contributed by atoms with Gasteiger partial charge in [0.1, 0.15) is 13.2 Å². The lowest BCUT2D eigenvalue weighted by Crippen LogP contribution is -2.37. The number of quaternary nitrogens is 1. The van der Waals surface area contributed by atoms with Crippen molar-refractivity contribution < 1.29 is 13.6 Å². The van der Waals surface area contributed by atoms with Gasteiger partial charge in [0.15, 0.2) is 8.03 Å². The van der Waals surface area contributed by atoms with E-state index < -0.39 is 8.03 Å². The van der Waals surface area contributed by atoms with Gasteiger partial charge in [-0.25, -0.2) is 0 Å². The molecule has 4 nitrogen and oxygen atoms in total. The Hall–Kier alpha value is 0.110. The monoisotopic (exact) mass is 195 g/mol. The highest BCUT2D eigenvalue weighted by atomic mass is 31.1. The van der Waals surface area contributed by atoms with E-state index in [0.717, 1.165) is 11.0 Å². The van der Waals surface area contributed by atoms with Crippen LogP contribution in [0.5, 0.6) is 0 Å². The number of nitrogens with zero attached hydrogens (tertiary/aromatic N) is 1. The Bertz CT molecular complexity index is 145. The van der Waals surface area contributed by atoms with Gasteiger partial charge in [0.25, 0.3) is 0 Å². The van der Waals surface area contributed by atoms with E-state index in [4.69, 9.17) is 10.3 Å². The van der Waals surface area contributed by atoms with E-state index in [1.54, 1.807) is 0 Å². The van der Waals surface area contributed by atoms with Crippen molar-refractivity contribution in [3.63, 3.8) is 0 Å². The molecule has 5 heteroatoms. The second-order valence-corrected chi connectivity index (χ2v) is 5.31. The SMILES string of the molecule is C[N+](C)(C)CCO[PH](=O)CCN. The van der Waals surface area contributed by atoms with Crippen molar-refractivity contribution in [1.29, 1.82) is 0 Å². The van der Waals surface area contributed by atoms with Crippen LogP contribution in [0, 0.1) is 0 Å². The maximum absolute atomic E-state index is 11.0. The summed E-state index contributed by atoms with van der Waals surface area (Å²) in [4.78, 5) is 0. The summed E-state index contributed by atoms with van der Waals surface area (Å²) in [6.07, 6.45) is 0.502. The van der Waals surface area contributed by atoms with Crippen molar-refractivity contribution >= 4 is 8.03 Å². The molecule has 1 unspecified atom stereocenters. The van der Waals surface area contributed by atoms with Gasteiger partial charge in [0.05, 0.1) is 21.1 Å². The molecule has 0 aliphatic rings. The fraction of sp³-hybridized carbons (Fsp3) is 1.00. The van der Waals surface area contributed by atoms with Crippen LogP contribution in [-0.4, -0.2) is 51.5 Å². The zero-order valence-corrected chi connectivity index (χ0v) is 9.17. The van der Waals surface area contributed by atoms with Crippen molar-refractivity contribution in [2.45, 2.75) is 0 Å². The molecule has 74 valence electrons. The Balaban J connectivity index is 3.37. The van der Waals surface area contributed by atoms with Gasteiger partial charge in [0.2, 0.25) is 0 Å². The molecule has 0 aliphatic carbocycles. The molecule has 0 spiro atoms. The standard InChI is InChI=1S/C7H20N2O2P/c1-9(2,3)5-6-11-12(10)7-4-8/h12H,4-8H2,1-3H3/q+1. The number of nitrogens with two attached hydrogens (primary N) is 1. The van der Waals surface area contributed by atoms with Crippen LogP contribution in [0.4, 0.5) is 0 Å².